The number of aryl methyl sites for hydroxylation is 1. The van der Waals surface area contributed by atoms with Crippen molar-refractivity contribution in [2.75, 3.05) is 13.7 Å². The molecule has 1 aromatic carbocycles. The van der Waals surface area contributed by atoms with Gasteiger partial charge < -0.3 is 24.9 Å². The van der Waals surface area contributed by atoms with E-state index in [1.54, 1.807) is 11.8 Å². The fourth-order valence-electron chi connectivity index (χ4n) is 7.01. The van der Waals surface area contributed by atoms with Crippen molar-refractivity contribution in [1.29, 1.82) is 0 Å². The lowest BCUT2D eigenvalue weighted by Crippen LogP contribution is -2.39. The summed E-state index contributed by atoms with van der Waals surface area (Å²) in [5, 5.41) is 14.5. The molecule has 0 radical (unpaired) electrons. The number of halogens is 1. The van der Waals surface area contributed by atoms with Gasteiger partial charge in [0.15, 0.2) is 0 Å². The third kappa shape index (κ3) is 4.34. The molecule has 4 aliphatic rings. The summed E-state index contributed by atoms with van der Waals surface area (Å²) in [4.78, 5) is 45.6. The van der Waals surface area contributed by atoms with Crippen molar-refractivity contribution in [3.8, 4) is 0 Å². The Morgan fingerprint density at radius 2 is 2.10 bits per heavy atom. The lowest BCUT2D eigenvalue weighted by atomic mass is 9.80. The number of pyridine rings is 1. The van der Waals surface area contributed by atoms with E-state index < -0.39 is 24.0 Å². The van der Waals surface area contributed by atoms with Crippen molar-refractivity contribution in [3.63, 3.8) is 0 Å². The molecule has 2 aromatic rings. The molecule has 212 valence electrons. The zero-order valence-corrected chi connectivity index (χ0v) is 23.3. The largest absolute Gasteiger partial charge is 0.383 e. The van der Waals surface area contributed by atoms with Crippen LogP contribution in [0.5, 0.6) is 0 Å². The summed E-state index contributed by atoms with van der Waals surface area (Å²) in [6, 6.07) is 0.670. The highest BCUT2D eigenvalue weighted by Gasteiger charge is 2.45. The molecule has 4 atom stereocenters. The van der Waals surface area contributed by atoms with E-state index in [9.17, 15) is 19.5 Å². The second kappa shape index (κ2) is 10.3. The lowest BCUT2D eigenvalue weighted by Gasteiger charge is -2.34. The molecular weight excluding hydrogens is 513 g/mol. The van der Waals surface area contributed by atoms with Gasteiger partial charge in [0, 0.05) is 42.2 Å². The van der Waals surface area contributed by atoms with Gasteiger partial charge in [-0.15, -0.1) is 0 Å². The monoisotopic (exact) mass is 549 g/mol. The summed E-state index contributed by atoms with van der Waals surface area (Å²) in [5.41, 5.74) is 5.69. The number of fused-ring (bicyclic) bond motifs is 4. The van der Waals surface area contributed by atoms with Crippen molar-refractivity contribution in [2.24, 2.45) is 11.8 Å². The van der Waals surface area contributed by atoms with E-state index in [2.05, 4.69) is 5.32 Å². The minimum absolute atomic E-state index is 0.118. The third-order valence-corrected chi connectivity index (χ3v) is 9.36. The van der Waals surface area contributed by atoms with E-state index >= 15 is 4.39 Å². The van der Waals surface area contributed by atoms with Crippen LogP contribution >= 0.6 is 0 Å². The summed E-state index contributed by atoms with van der Waals surface area (Å²) < 4.78 is 20.4. The summed E-state index contributed by atoms with van der Waals surface area (Å²) in [7, 11) is 1.53. The number of aliphatic hydroxyl groups excluding tert-OH is 1. The number of aromatic nitrogens is 1. The van der Waals surface area contributed by atoms with Gasteiger partial charge in [0.1, 0.15) is 18.2 Å². The van der Waals surface area contributed by atoms with Crippen LogP contribution in [-0.2, 0) is 32.1 Å². The summed E-state index contributed by atoms with van der Waals surface area (Å²) in [5.74, 6) is -0.897. The van der Waals surface area contributed by atoms with Crippen molar-refractivity contribution in [3.05, 3.63) is 51.0 Å². The predicted molar refractivity (Wildman–Crippen MR) is 146 cm³/mol. The molecular formula is C31H36FN3O5. The number of rotatable bonds is 9. The Morgan fingerprint density at radius 1 is 1.32 bits per heavy atom. The average Bonchev–Trinajstić information content (AvgIpc) is 3.68. The molecule has 2 aliphatic carbocycles. The van der Waals surface area contributed by atoms with E-state index in [4.69, 9.17) is 9.72 Å². The maximum Gasteiger partial charge on any atom is 0.252 e. The van der Waals surface area contributed by atoms with Crippen molar-refractivity contribution in [2.45, 2.75) is 83.5 Å². The number of nitrogens with zero attached hydrogens (tertiary/aromatic N) is 2. The SMILES string of the molecule is CCC(C=O)C1=C(COC)C(=O)N2Cc3c(nc4cc(F)c(C)c5c4c3C(NC(=O)C(O)CC3CC3)CC5)C2C1. The van der Waals surface area contributed by atoms with Gasteiger partial charge in [-0.1, -0.05) is 19.8 Å². The Labute approximate surface area is 233 Å². The molecule has 1 saturated carbocycles. The number of hydrogen-bond donors (Lipinski definition) is 2. The quantitative estimate of drug-likeness (QED) is 0.460. The fraction of sp³-hybridized carbons (Fsp3) is 0.548. The zero-order valence-electron chi connectivity index (χ0n) is 23.3. The van der Waals surface area contributed by atoms with E-state index in [1.807, 2.05) is 6.92 Å². The maximum atomic E-state index is 15.1. The van der Waals surface area contributed by atoms with E-state index in [1.165, 1.54) is 13.2 Å². The highest BCUT2D eigenvalue weighted by molar-refractivity contribution is 5.98. The van der Waals surface area contributed by atoms with Crippen LogP contribution in [-0.4, -0.2) is 52.9 Å². The van der Waals surface area contributed by atoms with Crippen molar-refractivity contribution in [1.82, 2.24) is 15.2 Å². The topological polar surface area (TPSA) is 109 Å². The van der Waals surface area contributed by atoms with Gasteiger partial charge in [-0.2, -0.15) is 0 Å². The number of aliphatic hydroxyl groups is 1. The first-order valence-electron chi connectivity index (χ1n) is 14.4. The number of hydrogen-bond acceptors (Lipinski definition) is 6. The van der Waals surface area contributed by atoms with E-state index in [0.717, 1.165) is 46.8 Å². The molecule has 0 saturated heterocycles. The molecule has 40 heavy (non-hydrogen) atoms. The third-order valence-electron chi connectivity index (χ3n) is 9.36. The Kier molecular flexibility index (Phi) is 6.99. The number of ether oxygens (including phenoxy) is 1. The molecule has 9 heteroatoms. The normalized spacial score (nSPS) is 23.2. The molecule has 2 aliphatic heterocycles. The van der Waals surface area contributed by atoms with Crippen molar-refractivity contribution >= 4 is 29.0 Å². The zero-order chi connectivity index (χ0) is 28.3. The predicted octanol–water partition coefficient (Wildman–Crippen LogP) is 3.90. The number of benzene rings is 1. The minimum atomic E-state index is -1.07. The Bertz CT molecular complexity index is 1450. The summed E-state index contributed by atoms with van der Waals surface area (Å²) in [6.45, 7) is 4.11. The Morgan fingerprint density at radius 3 is 2.77 bits per heavy atom. The average molecular weight is 550 g/mol. The summed E-state index contributed by atoms with van der Waals surface area (Å²) >= 11 is 0. The number of methoxy groups -OCH3 is 1. The fourth-order valence-corrected chi connectivity index (χ4v) is 7.01. The van der Waals surface area contributed by atoms with Gasteiger partial charge in [-0.3, -0.25) is 14.6 Å². The molecule has 0 spiro atoms. The smallest absolute Gasteiger partial charge is 0.252 e. The van der Waals surface area contributed by atoms with Crippen LogP contribution in [0.3, 0.4) is 0 Å². The molecule has 0 bridgehead atoms. The lowest BCUT2D eigenvalue weighted by molar-refractivity contribution is -0.132. The van der Waals surface area contributed by atoms with Crippen LogP contribution in [0.15, 0.2) is 17.2 Å². The maximum absolute atomic E-state index is 15.1. The van der Waals surface area contributed by atoms with Gasteiger partial charge in [0.2, 0.25) is 5.91 Å². The van der Waals surface area contributed by atoms with Crippen LogP contribution in [0, 0.1) is 24.6 Å². The number of carbonyl (C=O) groups is 3. The second-order valence-corrected chi connectivity index (χ2v) is 11.8. The first kappa shape index (κ1) is 27.0. The standard InChI is InChI=1S/C31H36FN3O5/c1-4-17(13-36)19-10-25-29-20(12-35(25)31(39)21(19)14-40-3)28-23(34-30(38)26(37)9-16-5-6-16)8-7-18-15(2)22(32)11-24(33-29)27(18)28/h11,13,16-17,23,25-26,37H,4-10,12,14H2,1-3H3,(H,34,38). The number of nitrogens with one attached hydrogen (secondary N) is 1. The molecule has 1 aromatic heterocycles. The second-order valence-electron chi connectivity index (χ2n) is 11.8. The number of carbonyl (C=O) groups excluding carboxylic acids is 3. The van der Waals surface area contributed by atoms with Gasteiger partial charge in [-0.05, 0) is 67.2 Å². The van der Waals surface area contributed by atoms with Crippen LogP contribution in [0.4, 0.5) is 4.39 Å². The minimum Gasteiger partial charge on any atom is -0.383 e. The van der Waals surface area contributed by atoms with Gasteiger partial charge >= 0.3 is 0 Å². The number of aldehydes is 1. The first-order valence-corrected chi connectivity index (χ1v) is 14.4. The van der Waals surface area contributed by atoms with Gasteiger partial charge in [0.25, 0.3) is 5.91 Å². The number of amides is 2. The van der Waals surface area contributed by atoms with Crippen LogP contribution in [0.25, 0.3) is 10.9 Å². The Hall–Kier alpha value is -3.17. The molecule has 2 N–H and O–H groups in total. The summed E-state index contributed by atoms with van der Waals surface area (Å²) in [6.07, 6.45) is 4.52. The molecule has 6 rings (SSSR count). The molecule has 1 fully saturated rings. The Balaban J connectivity index is 1.46. The van der Waals surface area contributed by atoms with Crippen LogP contribution < -0.4 is 5.32 Å². The van der Waals surface area contributed by atoms with E-state index in [0.29, 0.717) is 66.9 Å². The van der Waals surface area contributed by atoms with Gasteiger partial charge in [0.05, 0.1) is 29.9 Å². The van der Waals surface area contributed by atoms with Crippen LogP contribution in [0.2, 0.25) is 0 Å². The molecule has 8 nitrogen and oxygen atoms in total. The first-order chi connectivity index (χ1) is 19.3. The molecule has 2 amide bonds. The highest BCUT2D eigenvalue weighted by atomic mass is 19.1. The molecule has 4 unspecified atom stereocenters. The molecule has 3 heterocycles. The van der Waals surface area contributed by atoms with Crippen LogP contribution in [0.1, 0.15) is 85.5 Å². The van der Waals surface area contributed by atoms with Gasteiger partial charge in [-0.25, -0.2) is 4.39 Å². The van der Waals surface area contributed by atoms with E-state index in [-0.39, 0.29) is 24.4 Å². The highest BCUT2D eigenvalue weighted by Crippen LogP contribution is 2.49. The van der Waals surface area contributed by atoms with Crippen molar-refractivity contribution < 1.29 is 28.6 Å².